The van der Waals surface area contributed by atoms with Gasteiger partial charge in [0.15, 0.2) is 0 Å². The Labute approximate surface area is 268 Å². The van der Waals surface area contributed by atoms with E-state index in [2.05, 4.69) is 6.92 Å². The molecule has 242 valence electrons. The zero-order valence-corrected chi connectivity index (χ0v) is 26.8. The number of nitrogens with two attached hydrogens (primary N) is 2. The number of aromatic carboxylic acids is 1. The van der Waals surface area contributed by atoms with Crippen LogP contribution >= 0.6 is 0 Å². The van der Waals surface area contributed by atoms with Gasteiger partial charge in [-0.15, -0.1) is 0 Å². The van der Waals surface area contributed by atoms with Crippen molar-refractivity contribution in [2.45, 2.75) is 96.8 Å². The molecule has 0 bridgehead atoms. The number of carboxylic acids is 1. The van der Waals surface area contributed by atoms with Gasteiger partial charge < -0.3 is 26.0 Å². The van der Waals surface area contributed by atoms with Gasteiger partial charge in [-0.2, -0.15) is 0 Å². The Hall–Kier alpha value is -4.26. The third kappa shape index (κ3) is 13.5. The first-order valence-electron chi connectivity index (χ1n) is 16.5. The molecule has 0 aliphatic heterocycles. The number of aryl methyl sites for hydroxylation is 1. The number of hydrogen-bond acceptors (Lipinski definition) is 6. The van der Waals surface area contributed by atoms with Crippen LogP contribution in [0.4, 0.5) is 11.4 Å². The largest absolute Gasteiger partial charge is 0.494 e. The number of carboxylic acid groups (broad SMARTS) is 1. The van der Waals surface area contributed by atoms with Crippen LogP contribution in [0.3, 0.4) is 0 Å². The number of nitrogen functional groups attached to an aromatic ring is 2. The smallest absolute Gasteiger partial charge is 0.336 e. The zero-order valence-electron chi connectivity index (χ0n) is 26.8. The highest BCUT2D eigenvalue weighted by atomic mass is 16.5. The minimum Gasteiger partial charge on any atom is -0.494 e. The van der Waals surface area contributed by atoms with Gasteiger partial charge in [0.1, 0.15) is 11.5 Å². The number of carbonyl (C=O) groups excluding carboxylic acids is 1. The average molecular weight is 615 g/mol. The van der Waals surface area contributed by atoms with Crippen LogP contribution in [0.25, 0.3) is 6.08 Å². The molecule has 0 radical (unpaired) electrons. The molecular weight excluding hydrogens is 564 g/mol. The van der Waals surface area contributed by atoms with Gasteiger partial charge in [0.2, 0.25) is 0 Å². The van der Waals surface area contributed by atoms with E-state index >= 15 is 0 Å². The van der Waals surface area contributed by atoms with E-state index in [0.717, 1.165) is 49.8 Å². The summed E-state index contributed by atoms with van der Waals surface area (Å²) in [4.78, 5) is 23.7. The van der Waals surface area contributed by atoms with Crippen LogP contribution < -0.4 is 20.9 Å². The molecule has 0 atom stereocenters. The van der Waals surface area contributed by atoms with E-state index in [-0.39, 0.29) is 5.56 Å². The Morgan fingerprint density at radius 3 is 1.98 bits per heavy atom. The van der Waals surface area contributed by atoms with Gasteiger partial charge in [0, 0.05) is 17.5 Å². The normalized spacial score (nSPS) is 11.1. The average Bonchev–Trinajstić information content (AvgIpc) is 3.02. The summed E-state index contributed by atoms with van der Waals surface area (Å²) in [6.07, 6.45) is 18.6. The Morgan fingerprint density at radius 2 is 1.33 bits per heavy atom. The topological polar surface area (TPSA) is 125 Å². The van der Waals surface area contributed by atoms with E-state index in [1.165, 1.54) is 62.7 Å². The lowest BCUT2D eigenvalue weighted by molar-refractivity contribution is -0.128. The van der Waals surface area contributed by atoms with Crippen LogP contribution in [-0.2, 0) is 17.6 Å². The number of anilines is 2. The van der Waals surface area contributed by atoms with Gasteiger partial charge >= 0.3 is 11.9 Å². The summed E-state index contributed by atoms with van der Waals surface area (Å²) in [5.41, 5.74) is 15.7. The lowest BCUT2D eigenvalue weighted by Gasteiger charge is -2.11. The van der Waals surface area contributed by atoms with Crippen LogP contribution in [0.2, 0.25) is 0 Å². The monoisotopic (exact) mass is 614 g/mol. The maximum absolute atomic E-state index is 12.2. The number of ether oxygens (including phenoxy) is 2. The second-order valence-electron chi connectivity index (χ2n) is 11.6. The predicted octanol–water partition coefficient (Wildman–Crippen LogP) is 9.03. The van der Waals surface area contributed by atoms with E-state index in [1.807, 2.05) is 48.5 Å². The maximum Gasteiger partial charge on any atom is 0.336 e. The summed E-state index contributed by atoms with van der Waals surface area (Å²) < 4.78 is 11.3. The molecule has 0 saturated heterocycles. The lowest BCUT2D eigenvalue weighted by Crippen LogP contribution is -2.07. The van der Waals surface area contributed by atoms with Crippen molar-refractivity contribution in [1.29, 1.82) is 0 Å². The highest BCUT2D eigenvalue weighted by Gasteiger charge is 2.14. The quantitative estimate of drug-likeness (QED) is 0.0359. The first-order valence-corrected chi connectivity index (χ1v) is 16.5. The summed E-state index contributed by atoms with van der Waals surface area (Å²) in [6.45, 7) is 2.88. The highest BCUT2D eigenvalue weighted by molar-refractivity contribution is 5.92. The van der Waals surface area contributed by atoms with Gasteiger partial charge in [-0.3, -0.25) is 0 Å². The van der Waals surface area contributed by atoms with E-state index in [4.69, 9.17) is 20.9 Å². The minimum absolute atomic E-state index is 0.218. The molecule has 0 aliphatic rings. The third-order valence-corrected chi connectivity index (χ3v) is 7.88. The summed E-state index contributed by atoms with van der Waals surface area (Å²) in [5.74, 6) is 0.000417. The molecule has 7 heteroatoms. The minimum atomic E-state index is -0.980. The number of benzene rings is 3. The fourth-order valence-corrected chi connectivity index (χ4v) is 5.31. The molecule has 3 rings (SSSR count). The molecule has 7 nitrogen and oxygen atoms in total. The number of esters is 1. The second kappa shape index (κ2) is 19.9. The van der Waals surface area contributed by atoms with Gasteiger partial charge in [-0.25, -0.2) is 9.59 Å². The van der Waals surface area contributed by atoms with Gasteiger partial charge in [-0.1, -0.05) is 89.0 Å². The van der Waals surface area contributed by atoms with Gasteiger partial charge in [0.25, 0.3) is 0 Å². The fourth-order valence-electron chi connectivity index (χ4n) is 5.31. The Kier molecular flexibility index (Phi) is 15.6. The van der Waals surface area contributed by atoms with Crippen LogP contribution in [-0.4, -0.2) is 23.7 Å². The van der Waals surface area contributed by atoms with Crippen molar-refractivity contribution in [1.82, 2.24) is 0 Å². The molecule has 5 N–H and O–H groups in total. The van der Waals surface area contributed by atoms with Crippen LogP contribution in [0.15, 0.2) is 66.7 Å². The van der Waals surface area contributed by atoms with Crippen molar-refractivity contribution in [3.63, 3.8) is 0 Å². The predicted molar refractivity (Wildman–Crippen MR) is 184 cm³/mol. The van der Waals surface area contributed by atoms with Crippen molar-refractivity contribution in [3.8, 4) is 11.5 Å². The summed E-state index contributed by atoms with van der Waals surface area (Å²) in [6, 6.07) is 18.6. The Balaban J connectivity index is 1.20. The number of unbranched alkanes of at least 4 members (excludes halogenated alkanes) is 10. The lowest BCUT2D eigenvalue weighted by atomic mass is 9.98. The molecule has 0 amide bonds. The molecule has 0 aliphatic carbocycles. The van der Waals surface area contributed by atoms with Gasteiger partial charge in [-0.05, 0) is 91.3 Å². The Morgan fingerprint density at radius 1 is 0.733 bits per heavy atom. The summed E-state index contributed by atoms with van der Waals surface area (Å²) in [5, 5.41) is 9.42. The molecule has 0 aromatic heterocycles. The number of carbonyl (C=O) groups is 2. The molecule has 3 aromatic carbocycles. The van der Waals surface area contributed by atoms with Crippen LogP contribution in [0, 0.1) is 0 Å². The molecule has 0 unspecified atom stereocenters. The molecule has 45 heavy (non-hydrogen) atoms. The van der Waals surface area contributed by atoms with E-state index < -0.39 is 11.9 Å². The molecule has 3 aromatic rings. The van der Waals surface area contributed by atoms with Gasteiger partial charge in [0.05, 0.1) is 12.2 Å². The zero-order chi connectivity index (χ0) is 32.3. The molecule has 0 fully saturated rings. The van der Waals surface area contributed by atoms with E-state index in [1.54, 1.807) is 12.1 Å². The van der Waals surface area contributed by atoms with Crippen molar-refractivity contribution in [2.24, 2.45) is 0 Å². The summed E-state index contributed by atoms with van der Waals surface area (Å²) in [7, 11) is 0. The van der Waals surface area contributed by atoms with Crippen molar-refractivity contribution in [3.05, 3.63) is 89.0 Å². The van der Waals surface area contributed by atoms with Crippen molar-refractivity contribution in [2.75, 3.05) is 18.1 Å². The van der Waals surface area contributed by atoms with Crippen LogP contribution in [0.1, 0.15) is 111 Å². The number of hydrogen-bond donors (Lipinski definition) is 3. The first-order chi connectivity index (χ1) is 21.9. The summed E-state index contributed by atoms with van der Waals surface area (Å²) >= 11 is 0. The highest BCUT2D eigenvalue weighted by Crippen LogP contribution is 2.24. The SMILES string of the molecule is CCCCCc1ccc(OC(=O)/C=C/c2ccc(OCCCCCCCCCCCc3c(N)cc(N)cc3C(=O)O)cc2)cc1. The van der Waals surface area contributed by atoms with Crippen molar-refractivity contribution >= 4 is 29.4 Å². The second-order valence-corrected chi connectivity index (χ2v) is 11.6. The Bertz CT molecular complexity index is 1350. The van der Waals surface area contributed by atoms with E-state index in [9.17, 15) is 14.7 Å². The number of rotatable bonds is 21. The fraction of sp³-hybridized carbons (Fsp3) is 0.421. The molecule has 0 heterocycles. The van der Waals surface area contributed by atoms with Crippen molar-refractivity contribution < 1.29 is 24.2 Å². The molecule has 0 saturated carbocycles. The maximum atomic E-state index is 12.2. The standard InChI is InChI=1S/C38H50N2O5/c1-2-3-11-14-29-18-23-33(24-19-29)45-37(41)25-20-30-16-21-32(22-17-30)44-26-13-10-8-6-4-5-7-9-12-15-34-35(38(42)43)27-31(39)28-36(34)40/h16-25,27-28H,2-15,26,39-40H2,1H3,(H,42,43)/b25-20+. The van der Waals surface area contributed by atoms with E-state index in [0.29, 0.717) is 35.7 Å². The molecule has 0 spiro atoms. The first kappa shape index (κ1) is 35.2. The van der Waals surface area contributed by atoms with Crippen LogP contribution in [0.5, 0.6) is 11.5 Å². The third-order valence-electron chi connectivity index (χ3n) is 7.88. The molecular formula is C38H50N2O5.